The summed E-state index contributed by atoms with van der Waals surface area (Å²) >= 11 is 0. The van der Waals surface area contributed by atoms with Crippen molar-refractivity contribution in [2.24, 2.45) is 0 Å². The van der Waals surface area contributed by atoms with Gasteiger partial charge in [0, 0.05) is 73.7 Å². The SMILES string of the molecule is C1=CC2NC1C(c1ccncc1)C1CCC([N-]1)C(c1ccncc1)C1C=CC(N1)C(c1ccncc1)C1CCC([N-]1)C2c1ccncc1.[O-2].[Ti+4]. The van der Waals surface area contributed by atoms with E-state index in [-0.39, 0.29) is 99.2 Å². The first-order valence-electron chi connectivity index (χ1n) is 17.7. The smallest absolute Gasteiger partial charge is 2.00 e. The minimum absolute atomic E-state index is 0. The van der Waals surface area contributed by atoms with Gasteiger partial charge >= 0.3 is 21.7 Å². The Bertz CT molecular complexity index is 1480. The van der Waals surface area contributed by atoms with Gasteiger partial charge in [0.15, 0.2) is 0 Å². The summed E-state index contributed by atoms with van der Waals surface area (Å²) < 4.78 is 0. The van der Waals surface area contributed by atoms with Crippen LogP contribution in [-0.4, -0.2) is 68.3 Å². The van der Waals surface area contributed by atoms with Crippen molar-refractivity contribution in [1.29, 1.82) is 0 Å². The molecule has 9 nitrogen and oxygen atoms in total. The molecular formula is C40H42N8OTi. The maximum atomic E-state index is 5.74. The molecule has 4 aromatic rings. The van der Waals surface area contributed by atoms with Gasteiger partial charge in [-0.05, 0) is 94.5 Å². The molecule has 0 spiro atoms. The zero-order chi connectivity index (χ0) is 31.9. The number of rotatable bonds is 4. The van der Waals surface area contributed by atoms with Gasteiger partial charge in [0.05, 0.1) is 0 Å². The van der Waals surface area contributed by atoms with Gasteiger partial charge in [-0.15, -0.1) is 24.2 Å². The second-order valence-corrected chi connectivity index (χ2v) is 14.2. The Morgan fingerprint density at radius 1 is 0.400 bits per heavy atom. The molecule has 10 heteroatoms. The van der Waals surface area contributed by atoms with E-state index in [0.29, 0.717) is 0 Å². The van der Waals surface area contributed by atoms with E-state index in [2.05, 4.69) is 103 Å². The van der Waals surface area contributed by atoms with Gasteiger partial charge in [0.2, 0.25) is 0 Å². The fourth-order valence-corrected chi connectivity index (χ4v) is 9.62. The molecule has 0 aromatic carbocycles. The predicted octanol–water partition coefficient (Wildman–Crippen LogP) is 6.20. The Morgan fingerprint density at radius 3 is 0.840 bits per heavy atom. The third-order valence-corrected chi connectivity index (χ3v) is 11.7. The predicted molar refractivity (Wildman–Crippen MR) is 189 cm³/mol. The molecule has 4 aromatic heterocycles. The van der Waals surface area contributed by atoms with Crippen LogP contribution in [0.1, 0.15) is 71.6 Å². The standard InChI is InChI=1S/C40H42N8.O.Ti/c1-2-30-38(26-11-19-42-20-12-26)32-5-6-34(47-32)40(28-15-23-44-24-16-28)36-8-7-35(48-36)39(27-13-21-43-22-14-27)33-4-3-31(46-33)37(29(1)45-30)25-9-17-41-18-10-25;;/h1-2,7-24,29-40,45,48H,3-6H2;;/q2*-2;+4. The number of fused-ring (bicyclic) bond motifs is 8. The van der Waals surface area contributed by atoms with E-state index in [1.165, 1.54) is 22.3 Å². The minimum Gasteiger partial charge on any atom is -2.00 e. The summed E-state index contributed by atoms with van der Waals surface area (Å²) in [7, 11) is 0. The van der Waals surface area contributed by atoms with E-state index in [1.54, 1.807) is 0 Å². The molecule has 9 rings (SSSR count). The molecule has 0 amide bonds. The number of nitrogens with zero attached hydrogens (tertiary/aromatic N) is 6. The molecule has 0 radical (unpaired) electrons. The Hall–Kier alpha value is -3.41. The molecule has 12 unspecified atom stereocenters. The van der Waals surface area contributed by atoms with Crippen LogP contribution in [0.2, 0.25) is 0 Å². The van der Waals surface area contributed by atoms with E-state index in [0.717, 1.165) is 25.7 Å². The van der Waals surface area contributed by atoms with Crippen LogP contribution in [0.25, 0.3) is 10.6 Å². The molecule has 252 valence electrons. The second-order valence-electron chi connectivity index (χ2n) is 14.2. The first-order chi connectivity index (χ1) is 23.8. The van der Waals surface area contributed by atoms with Gasteiger partial charge in [-0.3, -0.25) is 19.9 Å². The van der Waals surface area contributed by atoms with Gasteiger partial charge in [0.1, 0.15) is 0 Å². The monoisotopic (exact) mass is 698 g/mol. The summed E-state index contributed by atoms with van der Waals surface area (Å²) in [6, 6.07) is 19.0. The van der Waals surface area contributed by atoms with Crippen LogP contribution in [0.4, 0.5) is 0 Å². The van der Waals surface area contributed by atoms with Crippen molar-refractivity contribution >= 4 is 0 Å². The van der Waals surface area contributed by atoms with Crippen LogP contribution in [-0.2, 0) is 27.2 Å². The molecule has 50 heavy (non-hydrogen) atoms. The van der Waals surface area contributed by atoms with Crippen molar-refractivity contribution in [3.8, 4) is 0 Å². The maximum Gasteiger partial charge on any atom is 4.00 e. The Morgan fingerprint density at radius 2 is 0.620 bits per heavy atom. The van der Waals surface area contributed by atoms with E-state index >= 15 is 0 Å². The van der Waals surface area contributed by atoms with Crippen LogP contribution in [0.5, 0.6) is 0 Å². The Labute approximate surface area is 309 Å². The summed E-state index contributed by atoms with van der Waals surface area (Å²) in [6.45, 7) is 0. The molecule has 3 saturated heterocycles. The molecular weight excluding hydrogens is 656 g/mol. The molecule has 8 bridgehead atoms. The fraction of sp³-hybridized carbons (Fsp3) is 0.400. The molecule has 5 aliphatic heterocycles. The number of hydrogen-bond acceptors (Lipinski definition) is 6. The van der Waals surface area contributed by atoms with Gasteiger partial charge in [0.25, 0.3) is 0 Å². The minimum atomic E-state index is 0. The van der Waals surface area contributed by atoms with Gasteiger partial charge < -0.3 is 26.7 Å². The van der Waals surface area contributed by atoms with E-state index in [9.17, 15) is 0 Å². The molecule has 12 atom stereocenters. The summed E-state index contributed by atoms with van der Waals surface area (Å²) in [5.41, 5.74) is 5.20. The number of pyridine rings is 4. The Kier molecular flexibility index (Phi) is 10.8. The largest absolute Gasteiger partial charge is 4.00 e. The van der Waals surface area contributed by atoms with Gasteiger partial charge in [-0.25, -0.2) is 0 Å². The third-order valence-electron chi connectivity index (χ3n) is 11.7. The van der Waals surface area contributed by atoms with Crippen molar-refractivity contribution in [2.75, 3.05) is 0 Å². The second kappa shape index (κ2) is 15.5. The molecule has 9 heterocycles. The van der Waals surface area contributed by atoms with Crippen molar-refractivity contribution in [1.82, 2.24) is 30.6 Å². The zero-order valence-corrected chi connectivity index (χ0v) is 29.5. The average Bonchev–Trinajstić information content (AvgIpc) is 3.98. The summed E-state index contributed by atoms with van der Waals surface area (Å²) in [6.07, 6.45) is 29.4. The normalized spacial score (nSPS) is 35.7. The third kappa shape index (κ3) is 6.69. The number of hydrogen-bond donors (Lipinski definition) is 2. The van der Waals surface area contributed by atoms with Gasteiger partial charge in [-0.1, -0.05) is 50.0 Å². The molecule has 0 saturated carbocycles. The van der Waals surface area contributed by atoms with Gasteiger partial charge in [-0.2, -0.15) is 0 Å². The first-order valence-corrected chi connectivity index (χ1v) is 17.7. The van der Waals surface area contributed by atoms with Crippen molar-refractivity contribution in [3.05, 3.63) is 155 Å². The first kappa shape index (κ1) is 35.0. The van der Waals surface area contributed by atoms with Crippen LogP contribution >= 0.6 is 0 Å². The summed E-state index contributed by atoms with van der Waals surface area (Å²) in [5.74, 6) is 0.861. The van der Waals surface area contributed by atoms with Crippen LogP contribution in [0, 0.1) is 0 Å². The molecule has 0 aliphatic carbocycles. The fourth-order valence-electron chi connectivity index (χ4n) is 9.62. The van der Waals surface area contributed by atoms with E-state index in [4.69, 9.17) is 10.6 Å². The van der Waals surface area contributed by atoms with Crippen LogP contribution < -0.4 is 10.6 Å². The maximum absolute atomic E-state index is 5.74. The van der Waals surface area contributed by atoms with Crippen LogP contribution in [0.15, 0.2) is 122 Å². The zero-order valence-electron chi connectivity index (χ0n) is 27.9. The molecule has 2 N–H and O–H groups in total. The average molecular weight is 699 g/mol. The Balaban J connectivity index is 0.00000196. The molecule has 3 fully saturated rings. The summed E-state index contributed by atoms with van der Waals surface area (Å²) in [5, 5.41) is 19.8. The van der Waals surface area contributed by atoms with Crippen molar-refractivity contribution < 1.29 is 27.2 Å². The van der Waals surface area contributed by atoms with E-state index in [1.807, 2.05) is 49.6 Å². The van der Waals surface area contributed by atoms with E-state index < -0.39 is 0 Å². The molecule has 5 aliphatic rings. The number of nitrogens with one attached hydrogen (secondary N) is 2. The topological polar surface area (TPSA) is 132 Å². The summed E-state index contributed by atoms with van der Waals surface area (Å²) in [4.78, 5) is 17.5. The van der Waals surface area contributed by atoms with Crippen molar-refractivity contribution in [2.45, 2.75) is 97.7 Å². The van der Waals surface area contributed by atoms with Crippen molar-refractivity contribution in [3.63, 3.8) is 0 Å². The quantitative estimate of drug-likeness (QED) is 0.193. The number of aromatic nitrogens is 4. The van der Waals surface area contributed by atoms with Crippen LogP contribution in [0.3, 0.4) is 0 Å².